The molecule has 3 aliphatic rings. The Labute approximate surface area is 173 Å². The van der Waals surface area contributed by atoms with Crippen LogP contribution in [0.1, 0.15) is 32.1 Å². The summed E-state index contributed by atoms with van der Waals surface area (Å²) in [5.74, 6) is -0.852. The molecule has 3 aliphatic carbocycles. The lowest BCUT2D eigenvalue weighted by molar-refractivity contribution is -0.132. The molecule has 0 saturated heterocycles. The molecule has 158 valence electrons. The van der Waals surface area contributed by atoms with Crippen LogP contribution >= 0.6 is 11.6 Å². The van der Waals surface area contributed by atoms with Crippen molar-refractivity contribution in [2.24, 2.45) is 0 Å². The van der Waals surface area contributed by atoms with E-state index in [1.807, 2.05) is 0 Å². The number of alkyl carbamates (subject to hydrolysis) is 1. The van der Waals surface area contributed by atoms with E-state index in [1.165, 1.54) is 18.2 Å². The summed E-state index contributed by atoms with van der Waals surface area (Å²) in [6.07, 6.45) is 2.68. The largest absolute Gasteiger partial charge is 0.484 e. The van der Waals surface area contributed by atoms with Crippen LogP contribution in [-0.2, 0) is 9.53 Å². The van der Waals surface area contributed by atoms with Crippen LogP contribution in [0.15, 0.2) is 30.9 Å². The number of nitrogens with one attached hydrogen (secondary N) is 2. The molecule has 2 amide bonds. The van der Waals surface area contributed by atoms with Crippen LogP contribution in [0.2, 0.25) is 5.02 Å². The number of fused-ring (bicyclic) bond motifs is 3. The van der Waals surface area contributed by atoms with Gasteiger partial charge in [0.2, 0.25) is 0 Å². The van der Waals surface area contributed by atoms with Gasteiger partial charge in [-0.2, -0.15) is 0 Å². The van der Waals surface area contributed by atoms with Crippen LogP contribution in [0.4, 0.5) is 9.18 Å². The molecular formula is C20H24ClFN2O5. The summed E-state index contributed by atoms with van der Waals surface area (Å²) in [6, 6.07) is 3.93. The average molecular weight is 427 g/mol. The van der Waals surface area contributed by atoms with Gasteiger partial charge in [0.15, 0.2) is 6.61 Å². The van der Waals surface area contributed by atoms with Crippen LogP contribution in [0.25, 0.3) is 0 Å². The molecular weight excluding hydrogens is 403 g/mol. The molecule has 3 saturated carbocycles. The molecule has 0 aliphatic heterocycles. The van der Waals surface area contributed by atoms with E-state index in [2.05, 4.69) is 17.2 Å². The van der Waals surface area contributed by atoms with Gasteiger partial charge in [0, 0.05) is 11.6 Å². The third-order valence-electron chi connectivity index (χ3n) is 5.67. The Hall–Kier alpha value is -2.32. The first kappa shape index (κ1) is 21.4. The molecule has 3 fully saturated rings. The number of hydrogen-bond acceptors (Lipinski definition) is 5. The highest BCUT2D eigenvalue weighted by molar-refractivity contribution is 6.30. The van der Waals surface area contributed by atoms with Crippen LogP contribution in [-0.4, -0.2) is 47.5 Å². The van der Waals surface area contributed by atoms with E-state index in [0.29, 0.717) is 32.1 Å². The van der Waals surface area contributed by atoms with Crippen LogP contribution < -0.4 is 15.4 Å². The van der Waals surface area contributed by atoms with Crippen molar-refractivity contribution in [2.75, 3.05) is 13.2 Å². The molecule has 9 heteroatoms. The van der Waals surface area contributed by atoms with E-state index in [4.69, 9.17) is 21.1 Å². The highest BCUT2D eigenvalue weighted by Crippen LogP contribution is 2.47. The summed E-state index contributed by atoms with van der Waals surface area (Å²) in [5, 5.41) is 16.4. The van der Waals surface area contributed by atoms with E-state index in [0.717, 1.165) is 6.07 Å². The van der Waals surface area contributed by atoms with Crippen LogP contribution in [0.3, 0.4) is 0 Å². The van der Waals surface area contributed by atoms with Gasteiger partial charge in [0.05, 0.1) is 16.7 Å². The quantitative estimate of drug-likeness (QED) is 0.582. The number of halogens is 2. The summed E-state index contributed by atoms with van der Waals surface area (Å²) < 4.78 is 23.8. The van der Waals surface area contributed by atoms with Crippen molar-refractivity contribution >= 4 is 23.6 Å². The number of aliphatic hydroxyl groups excluding tert-OH is 1. The smallest absolute Gasteiger partial charge is 0.407 e. The molecule has 1 aromatic rings. The van der Waals surface area contributed by atoms with E-state index in [1.54, 1.807) is 0 Å². The predicted octanol–water partition coefficient (Wildman–Crippen LogP) is 2.70. The molecule has 3 N–H and O–H groups in total. The van der Waals surface area contributed by atoms with Crippen molar-refractivity contribution in [1.82, 2.24) is 10.6 Å². The molecule has 7 nitrogen and oxygen atoms in total. The molecule has 1 aromatic carbocycles. The lowest BCUT2D eigenvalue weighted by Crippen LogP contribution is -2.70. The van der Waals surface area contributed by atoms with Crippen molar-refractivity contribution in [3.05, 3.63) is 41.7 Å². The maximum atomic E-state index is 13.5. The second-order valence-corrected chi connectivity index (χ2v) is 7.99. The van der Waals surface area contributed by atoms with Crippen molar-refractivity contribution in [1.29, 1.82) is 0 Å². The van der Waals surface area contributed by atoms with E-state index in [9.17, 15) is 19.1 Å². The molecule has 0 unspecified atom stereocenters. The summed E-state index contributed by atoms with van der Waals surface area (Å²) in [5.41, 5.74) is -1.30. The first-order valence-electron chi connectivity index (χ1n) is 9.40. The van der Waals surface area contributed by atoms with Crippen molar-refractivity contribution in [2.45, 2.75) is 49.3 Å². The SMILES string of the molecule is C=CCOC(=O)NC12CCC(NC(=O)COc3ccc(Cl)c(F)c3)(CC1)[C@H](O)C2. The van der Waals surface area contributed by atoms with Crippen molar-refractivity contribution < 1.29 is 28.6 Å². The average Bonchev–Trinajstić information content (AvgIpc) is 2.68. The fourth-order valence-electron chi connectivity index (χ4n) is 4.08. The number of aliphatic hydroxyl groups is 1. The first-order chi connectivity index (χ1) is 13.8. The normalized spacial score (nSPS) is 27.8. The van der Waals surface area contributed by atoms with Gasteiger partial charge in [-0.1, -0.05) is 24.3 Å². The monoisotopic (exact) mass is 426 g/mol. The highest BCUT2D eigenvalue weighted by Gasteiger charge is 2.55. The zero-order chi connectivity index (χ0) is 21.1. The number of hydrogen-bond donors (Lipinski definition) is 3. The van der Waals surface area contributed by atoms with Gasteiger partial charge >= 0.3 is 6.09 Å². The lowest BCUT2D eigenvalue weighted by atomic mass is 9.60. The molecule has 0 spiro atoms. The predicted molar refractivity (Wildman–Crippen MR) is 104 cm³/mol. The van der Waals surface area contributed by atoms with Gasteiger partial charge < -0.3 is 25.2 Å². The second-order valence-electron chi connectivity index (χ2n) is 7.58. The summed E-state index contributed by atoms with van der Waals surface area (Å²) >= 11 is 5.62. The van der Waals surface area contributed by atoms with Gasteiger partial charge in [-0.15, -0.1) is 0 Å². The Morgan fingerprint density at radius 2 is 2.03 bits per heavy atom. The molecule has 2 bridgehead atoms. The minimum atomic E-state index is -0.818. The minimum Gasteiger partial charge on any atom is -0.484 e. The van der Waals surface area contributed by atoms with E-state index >= 15 is 0 Å². The Morgan fingerprint density at radius 1 is 1.31 bits per heavy atom. The standard InChI is InChI=1S/C20H24ClFN2O5/c1-2-9-28-18(27)24-19-5-7-20(8-6-19,16(25)11-19)23-17(26)12-29-13-3-4-14(21)15(22)10-13/h2-4,10,16,25H,1,5-9,11-12H2,(H,23,26)(H,24,27)/t16-,19?,20?/m1/s1. The number of ether oxygens (including phenoxy) is 2. The number of rotatable bonds is 7. The van der Waals surface area contributed by atoms with Gasteiger partial charge in [0.1, 0.15) is 18.2 Å². The summed E-state index contributed by atoms with van der Waals surface area (Å²) in [6.45, 7) is 3.30. The maximum Gasteiger partial charge on any atom is 0.407 e. The minimum absolute atomic E-state index is 0.0290. The highest BCUT2D eigenvalue weighted by atomic mass is 35.5. The summed E-state index contributed by atoms with van der Waals surface area (Å²) in [7, 11) is 0. The van der Waals surface area contributed by atoms with Gasteiger partial charge in [-0.3, -0.25) is 4.79 Å². The molecule has 0 aromatic heterocycles. The van der Waals surface area contributed by atoms with Crippen LogP contribution in [0, 0.1) is 5.82 Å². The fourth-order valence-corrected chi connectivity index (χ4v) is 4.20. The van der Waals surface area contributed by atoms with E-state index in [-0.39, 0.29) is 24.0 Å². The molecule has 29 heavy (non-hydrogen) atoms. The Balaban J connectivity index is 1.54. The van der Waals surface area contributed by atoms with Gasteiger partial charge in [0.25, 0.3) is 5.91 Å². The first-order valence-corrected chi connectivity index (χ1v) is 9.78. The third-order valence-corrected chi connectivity index (χ3v) is 5.98. The summed E-state index contributed by atoms with van der Waals surface area (Å²) in [4.78, 5) is 24.3. The van der Waals surface area contributed by atoms with Gasteiger partial charge in [-0.25, -0.2) is 9.18 Å². The topological polar surface area (TPSA) is 96.9 Å². The Kier molecular flexibility index (Phi) is 6.33. The third kappa shape index (κ3) is 4.82. The zero-order valence-corrected chi connectivity index (χ0v) is 16.6. The molecule has 4 rings (SSSR count). The number of carbonyl (C=O) groups excluding carboxylic acids is 2. The lowest BCUT2D eigenvalue weighted by Gasteiger charge is -2.56. The van der Waals surface area contributed by atoms with Crippen molar-refractivity contribution in [3.8, 4) is 5.75 Å². The van der Waals surface area contributed by atoms with E-state index < -0.39 is 35.0 Å². The van der Waals surface area contributed by atoms with Crippen molar-refractivity contribution in [3.63, 3.8) is 0 Å². The zero-order valence-electron chi connectivity index (χ0n) is 15.9. The number of benzene rings is 1. The molecule has 1 atom stereocenters. The Morgan fingerprint density at radius 3 is 2.66 bits per heavy atom. The maximum absolute atomic E-state index is 13.5. The molecule has 0 radical (unpaired) electrons. The van der Waals surface area contributed by atoms with Crippen LogP contribution in [0.5, 0.6) is 5.75 Å². The van der Waals surface area contributed by atoms with Gasteiger partial charge in [-0.05, 0) is 44.2 Å². The fraction of sp³-hybridized carbons (Fsp3) is 0.500. The molecule has 0 heterocycles. The Bertz CT molecular complexity index is 795. The second kappa shape index (κ2) is 8.59. The number of amides is 2. The number of carbonyl (C=O) groups is 2.